The molecule has 1 unspecified atom stereocenters. The summed E-state index contributed by atoms with van der Waals surface area (Å²) in [7, 11) is 3.93. The number of Topliss-reactive ketones (excluding diaryl/α,β-unsaturated/α-hetero) is 1. The number of aryl methyl sites for hydroxylation is 1. The van der Waals surface area contributed by atoms with E-state index in [1.165, 1.54) is 0 Å². The molecule has 1 aliphatic heterocycles. The van der Waals surface area contributed by atoms with E-state index in [9.17, 15) is 14.7 Å². The first-order chi connectivity index (χ1) is 18.8. The molecular formula is C32H36N2O5. The average molecular weight is 529 g/mol. The summed E-state index contributed by atoms with van der Waals surface area (Å²) < 4.78 is 11.8. The first kappa shape index (κ1) is 27.9. The predicted molar refractivity (Wildman–Crippen MR) is 152 cm³/mol. The zero-order valence-electron chi connectivity index (χ0n) is 23.0. The van der Waals surface area contributed by atoms with Crippen LogP contribution in [0.1, 0.15) is 42.5 Å². The summed E-state index contributed by atoms with van der Waals surface area (Å²) in [5.74, 6) is 0.444. The van der Waals surface area contributed by atoms with Gasteiger partial charge in [0.1, 0.15) is 23.0 Å². The monoisotopic (exact) mass is 528 g/mol. The Hall–Kier alpha value is -4.10. The Morgan fingerprint density at radius 1 is 0.949 bits per heavy atom. The van der Waals surface area contributed by atoms with Crippen molar-refractivity contribution in [1.29, 1.82) is 0 Å². The number of ether oxygens (including phenoxy) is 2. The minimum Gasteiger partial charge on any atom is -0.507 e. The van der Waals surface area contributed by atoms with Crippen molar-refractivity contribution in [2.75, 3.05) is 33.8 Å². The second-order valence-electron chi connectivity index (χ2n) is 9.96. The van der Waals surface area contributed by atoms with Gasteiger partial charge in [-0.15, -0.1) is 0 Å². The van der Waals surface area contributed by atoms with Crippen LogP contribution in [0.5, 0.6) is 17.2 Å². The Morgan fingerprint density at radius 3 is 2.38 bits per heavy atom. The molecule has 4 rings (SSSR count). The largest absolute Gasteiger partial charge is 0.507 e. The Bertz CT molecular complexity index is 1350. The number of nitrogens with zero attached hydrogens (tertiary/aromatic N) is 2. The SMILES string of the molecule is CCCOc1ccc(C(O)=C2C(=O)C(=O)N(CCCN(C)C)C2c2cccc(Oc3ccccc3)c2)c(C)c1. The van der Waals surface area contributed by atoms with Gasteiger partial charge < -0.3 is 24.4 Å². The number of hydrogen-bond donors (Lipinski definition) is 1. The number of benzene rings is 3. The number of carbonyl (C=O) groups excluding carboxylic acids is 2. The van der Waals surface area contributed by atoms with Crippen molar-refractivity contribution in [3.05, 3.63) is 95.1 Å². The van der Waals surface area contributed by atoms with Gasteiger partial charge in [0.05, 0.1) is 18.2 Å². The molecule has 0 bridgehead atoms. The number of ketones is 1. The lowest BCUT2D eigenvalue weighted by Crippen LogP contribution is -2.32. The number of hydrogen-bond acceptors (Lipinski definition) is 6. The summed E-state index contributed by atoms with van der Waals surface area (Å²) in [6, 6.07) is 21.3. The second-order valence-corrected chi connectivity index (χ2v) is 9.96. The van der Waals surface area contributed by atoms with Crippen molar-refractivity contribution in [2.45, 2.75) is 32.7 Å². The Labute approximate surface area is 230 Å². The van der Waals surface area contributed by atoms with Crippen LogP contribution in [0.3, 0.4) is 0 Å². The summed E-state index contributed by atoms with van der Waals surface area (Å²) in [5, 5.41) is 11.5. The molecule has 0 aromatic heterocycles. The van der Waals surface area contributed by atoms with Gasteiger partial charge in [0.15, 0.2) is 0 Å². The Kier molecular flexibility index (Phi) is 9.04. The van der Waals surface area contributed by atoms with Gasteiger partial charge in [0.25, 0.3) is 11.7 Å². The summed E-state index contributed by atoms with van der Waals surface area (Å²) in [6.07, 6.45) is 1.56. The van der Waals surface area contributed by atoms with Crippen molar-refractivity contribution >= 4 is 17.4 Å². The third-order valence-electron chi connectivity index (χ3n) is 6.62. The quantitative estimate of drug-likeness (QED) is 0.188. The molecule has 7 heteroatoms. The van der Waals surface area contributed by atoms with E-state index < -0.39 is 17.7 Å². The molecule has 0 spiro atoms. The fraction of sp³-hybridized carbons (Fsp3) is 0.312. The van der Waals surface area contributed by atoms with Gasteiger partial charge in [-0.05, 0) is 94.0 Å². The van der Waals surface area contributed by atoms with E-state index in [1.807, 2.05) is 93.5 Å². The van der Waals surface area contributed by atoms with Crippen LogP contribution >= 0.6 is 0 Å². The number of aliphatic hydroxyl groups excluding tert-OH is 1. The van der Waals surface area contributed by atoms with Gasteiger partial charge >= 0.3 is 0 Å². The molecule has 39 heavy (non-hydrogen) atoms. The fourth-order valence-corrected chi connectivity index (χ4v) is 4.74. The van der Waals surface area contributed by atoms with E-state index in [2.05, 4.69) is 0 Å². The molecular weight excluding hydrogens is 492 g/mol. The summed E-state index contributed by atoms with van der Waals surface area (Å²) >= 11 is 0. The van der Waals surface area contributed by atoms with Crippen LogP contribution in [0.15, 0.2) is 78.4 Å². The van der Waals surface area contributed by atoms with Gasteiger partial charge in [-0.25, -0.2) is 0 Å². The molecule has 1 fully saturated rings. The average Bonchev–Trinajstić information content (AvgIpc) is 3.17. The van der Waals surface area contributed by atoms with Crippen LogP contribution < -0.4 is 9.47 Å². The normalized spacial score (nSPS) is 16.6. The lowest BCUT2D eigenvalue weighted by atomic mass is 9.93. The molecule has 0 radical (unpaired) electrons. The van der Waals surface area contributed by atoms with Gasteiger partial charge in [0, 0.05) is 12.1 Å². The van der Waals surface area contributed by atoms with Crippen LogP contribution in [0, 0.1) is 6.92 Å². The van der Waals surface area contributed by atoms with E-state index in [0.29, 0.717) is 47.9 Å². The first-order valence-electron chi connectivity index (χ1n) is 13.3. The number of rotatable bonds is 11. The second kappa shape index (κ2) is 12.6. The molecule has 1 aliphatic rings. The van der Waals surface area contributed by atoms with Crippen molar-refractivity contribution in [3.8, 4) is 17.2 Å². The number of para-hydroxylation sites is 1. The van der Waals surface area contributed by atoms with E-state index in [1.54, 1.807) is 17.0 Å². The predicted octanol–water partition coefficient (Wildman–Crippen LogP) is 5.95. The van der Waals surface area contributed by atoms with Crippen LogP contribution in [-0.2, 0) is 9.59 Å². The number of carbonyl (C=O) groups is 2. The smallest absolute Gasteiger partial charge is 0.295 e. The molecule has 0 aliphatic carbocycles. The highest BCUT2D eigenvalue weighted by Gasteiger charge is 2.46. The highest BCUT2D eigenvalue weighted by atomic mass is 16.5. The lowest BCUT2D eigenvalue weighted by molar-refractivity contribution is -0.139. The van der Waals surface area contributed by atoms with Crippen LogP contribution in [0.2, 0.25) is 0 Å². The minimum atomic E-state index is -0.748. The third kappa shape index (κ3) is 6.49. The van der Waals surface area contributed by atoms with Crippen molar-refractivity contribution < 1.29 is 24.2 Å². The Balaban J connectivity index is 1.77. The topological polar surface area (TPSA) is 79.3 Å². The van der Waals surface area contributed by atoms with Crippen molar-refractivity contribution in [3.63, 3.8) is 0 Å². The van der Waals surface area contributed by atoms with E-state index >= 15 is 0 Å². The van der Waals surface area contributed by atoms with Crippen molar-refractivity contribution in [1.82, 2.24) is 9.80 Å². The van der Waals surface area contributed by atoms with E-state index in [0.717, 1.165) is 18.5 Å². The van der Waals surface area contributed by atoms with Gasteiger partial charge in [-0.1, -0.05) is 37.3 Å². The maximum absolute atomic E-state index is 13.4. The van der Waals surface area contributed by atoms with E-state index in [4.69, 9.17) is 9.47 Å². The first-order valence-corrected chi connectivity index (χ1v) is 13.3. The number of amides is 1. The summed E-state index contributed by atoms with van der Waals surface area (Å²) in [5.41, 5.74) is 2.01. The highest BCUT2D eigenvalue weighted by molar-refractivity contribution is 6.46. The van der Waals surface area contributed by atoms with Crippen LogP contribution in [0.25, 0.3) is 5.76 Å². The lowest BCUT2D eigenvalue weighted by Gasteiger charge is -2.26. The van der Waals surface area contributed by atoms with Gasteiger partial charge in [0.2, 0.25) is 0 Å². The van der Waals surface area contributed by atoms with Gasteiger partial charge in [-0.2, -0.15) is 0 Å². The molecule has 1 heterocycles. The standard InChI is InChI=1S/C32H36N2O5/c1-5-19-38-25-15-16-27(22(2)20-25)30(35)28-29(34(32(37)31(28)36)18-10-17-33(3)4)23-11-9-14-26(21-23)39-24-12-7-6-8-13-24/h6-9,11-16,20-21,29,35H,5,10,17-19H2,1-4H3. The highest BCUT2D eigenvalue weighted by Crippen LogP contribution is 2.41. The molecule has 1 N–H and O–H groups in total. The maximum Gasteiger partial charge on any atom is 0.295 e. The minimum absolute atomic E-state index is 0.0760. The molecule has 204 valence electrons. The van der Waals surface area contributed by atoms with Crippen molar-refractivity contribution in [2.24, 2.45) is 0 Å². The van der Waals surface area contributed by atoms with Crippen LogP contribution in [0.4, 0.5) is 0 Å². The maximum atomic E-state index is 13.4. The zero-order chi connectivity index (χ0) is 27.9. The van der Waals surface area contributed by atoms with Gasteiger partial charge in [-0.3, -0.25) is 9.59 Å². The molecule has 3 aromatic carbocycles. The fourth-order valence-electron chi connectivity index (χ4n) is 4.74. The molecule has 1 amide bonds. The summed E-state index contributed by atoms with van der Waals surface area (Å²) in [6.45, 7) is 5.60. The van der Waals surface area contributed by atoms with E-state index in [-0.39, 0.29) is 11.3 Å². The zero-order valence-corrected chi connectivity index (χ0v) is 23.0. The van der Waals surface area contributed by atoms with Crippen LogP contribution in [-0.4, -0.2) is 60.4 Å². The summed E-state index contributed by atoms with van der Waals surface area (Å²) in [4.78, 5) is 30.3. The molecule has 1 atom stereocenters. The molecule has 7 nitrogen and oxygen atoms in total. The molecule has 3 aromatic rings. The molecule has 1 saturated heterocycles. The number of likely N-dealkylation sites (tertiary alicyclic amines) is 1. The number of aliphatic hydroxyl groups is 1. The Morgan fingerprint density at radius 2 is 1.69 bits per heavy atom. The third-order valence-corrected chi connectivity index (χ3v) is 6.62. The molecule has 0 saturated carbocycles.